The average Bonchev–Trinajstić information content (AvgIpc) is 2.42. The van der Waals surface area contributed by atoms with Crippen molar-refractivity contribution in [3.8, 4) is 0 Å². The number of amides is 1. The molecule has 3 atom stereocenters. The minimum Gasteiger partial charge on any atom is -0.356 e. The Bertz CT molecular complexity index is 278. The Labute approximate surface area is 125 Å². The summed E-state index contributed by atoms with van der Waals surface area (Å²) in [5, 5.41) is 3.16. The standard InChI is InChI=1S/C17H34N2O/c1-13(2)15-9-8-14(3)12-16(15)17(20)19-11-7-5-4-6-10-18/h13-16H,4-12,18H2,1-3H3,(H,19,20). The van der Waals surface area contributed by atoms with Gasteiger partial charge in [0.2, 0.25) is 5.91 Å². The van der Waals surface area contributed by atoms with E-state index in [0.717, 1.165) is 32.4 Å². The largest absolute Gasteiger partial charge is 0.356 e. The summed E-state index contributed by atoms with van der Waals surface area (Å²) in [6.07, 6.45) is 8.11. The first-order chi connectivity index (χ1) is 9.56. The Morgan fingerprint density at radius 1 is 1.20 bits per heavy atom. The van der Waals surface area contributed by atoms with Crippen molar-refractivity contribution in [1.82, 2.24) is 5.32 Å². The smallest absolute Gasteiger partial charge is 0.223 e. The minimum absolute atomic E-state index is 0.239. The molecule has 0 radical (unpaired) electrons. The van der Waals surface area contributed by atoms with Gasteiger partial charge < -0.3 is 11.1 Å². The van der Waals surface area contributed by atoms with Crippen LogP contribution in [-0.4, -0.2) is 19.0 Å². The highest BCUT2D eigenvalue weighted by Crippen LogP contribution is 2.38. The van der Waals surface area contributed by atoms with Crippen LogP contribution in [0.1, 0.15) is 65.7 Å². The van der Waals surface area contributed by atoms with Crippen molar-refractivity contribution in [1.29, 1.82) is 0 Å². The van der Waals surface area contributed by atoms with Crippen LogP contribution >= 0.6 is 0 Å². The Kier molecular flexibility index (Phi) is 8.20. The molecule has 0 aromatic carbocycles. The van der Waals surface area contributed by atoms with Crippen LogP contribution in [0.25, 0.3) is 0 Å². The Morgan fingerprint density at radius 3 is 2.55 bits per heavy atom. The lowest BCUT2D eigenvalue weighted by molar-refractivity contribution is -0.129. The summed E-state index contributed by atoms with van der Waals surface area (Å²) in [5.41, 5.74) is 5.48. The van der Waals surface area contributed by atoms with Gasteiger partial charge >= 0.3 is 0 Å². The van der Waals surface area contributed by atoms with E-state index in [1.165, 1.54) is 25.7 Å². The van der Waals surface area contributed by atoms with Gasteiger partial charge in [0.05, 0.1) is 0 Å². The maximum Gasteiger partial charge on any atom is 0.223 e. The quantitative estimate of drug-likeness (QED) is 0.671. The first-order valence-electron chi connectivity index (χ1n) is 8.54. The van der Waals surface area contributed by atoms with Crippen LogP contribution in [0.5, 0.6) is 0 Å². The number of carbonyl (C=O) groups is 1. The van der Waals surface area contributed by atoms with E-state index in [2.05, 4.69) is 26.1 Å². The molecule has 0 spiro atoms. The highest BCUT2D eigenvalue weighted by molar-refractivity contribution is 5.79. The van der Waals surface area contributed by atoms with Crippen molar-refractivity contribution in [2.75, 3.05) is 13.1 Å². The van der Waals surface area contributed by atoms with Crippen LogP contribution in [0.2, 0.25) is 0 Å². The molecule has 20 heavy (non-hydrogen) atoms. The second kappa shape index (κ2) is 9.38. The van der Waals surface area contributed by atoms with Crippen molar-refractivity contribution >= 4 is 5.91 Å². The zero-order chi connectivity index (χ0) is 15.0. The van der Waals surface area contributed by atoms with Crippen molar-refractivity contribution in [2.24, 2.45) is 29.4 Å². The molecule has 0 aromatic heterocycles. The summed E-state index contributed by atoms with van der Waals surface area (Å²) in [5.74, 6) is 2.42. The van der Waals surface area contributed by atoms with Crippen LogP contribution < -0.4 is 11.1 Å². The average molecular weight is 282 g/mol. The number of nitrogens with one attached hydrogen (secondary N) is 1. The Morgan fingerprint density at radius 2 is 1.90 bits per heavy atom. The van der Waals surface area contributed by atoms with Gasteiger partial charge in [-0.05, 0) is 50.0 Å². The highest BCUT2D eigenvalue weighted by Gasteiger charge is 2.34. The van der Waals surface area contributed by atoms with Gasteiger partial charge in [0.1, 0.15) is 0 Å². The number of hydrogen-bond acceptors (Lipinski definition) is 2. The molecule has 0 bridgehead atoms. The first-order valence-corrected chi connectivity index (χ1v) is 8.54. The number of hydrogen-bond donors (Lipinski definition) is 2. The van der Waals surface area contributed by atoms with Gasteiger partial charge in [-0.25, -0.2) is 0 Å². The van der Waals surface area contributed by atoms with Gasteiger partial charge in [-0.2, -0.15) is 0 Å². The fourth-order valence-electron chi connectivity index (χ4n) is 3.47. The monoisotopic (exact) mass is 282 g/mol. The zero-order valence-corrected chi connectivity index (χ0v) is 13.7. The van der Waals surface area contributed by atoms with Crippen LogP contribution in [0, 0.1) is 23.7 Å². The third-order valence-corrected chi connectivity index (χ3v) is 4.79. The van der Waals surface area contributed by atoms with Gasteiger partial charge in [-0.3, -0.25) is 4.79 Å². The first kappa shape index (κ1) is 17.5. The van der Waals surface area contributed by atoms with E-state index < -0.39 is 0 Å². The van der Waals surface area contributed by atoms with E-state index in [-0.39, 0.29) is 5.92 Å². The van der Waals surface area contributed by atoms with E-state index in [1.807, 2.05) is 0 Å². The molecule has 0 aliphatic heterocycles. The lowest BCUT2D eigenvalue weighted by Gasteiger charge is -2.36. The van der Waals surface area contributed by atoms with Gasteiger partial charge in [-0.1, -0.05) is 40.0 Å². The van der Waals surface area contributed by atoms with E-state index in [0.29, 0.717) is 23.7 Å². The number of carbonyl (C=O) groups excluding carboxylic acids is 1. The summed E-state index contributed by atoms with van der Waals surface area (Å²) in [4.78, 5) is 12.4. The normalized spacial score (nSPS) is 26.8. The number of unbranched alkanes of at least 4 members (excludes halogenated alkanes) is 3. The molecule has 1 saturated carbocycles. The van der Waals surface area contributed by atoms with Crippen LogP contribution in [0.15, 0.2) is 0 Å². The lowest BCUT2D eigenvalue weighted by atomic mass is 9.70. The second-order valence-electron chi connectivity index (χ2n) is 6.93. The van der Waals surface area contributed by atoms with Gasteiger partial charge in [0.25, 0.3) is 0 Å². The predicted molar refractivity (Wildman–Crippen MR) is 85.4 cm³/mol. The summed E-state index contributed by atoms with van der Waals surface area (Å²) in [6.45, 7) is 8.41. The molecule has 0 saturated heterocycles. The fourth-order valence-corrected chi connectivity index (χ4v) is 3.47. The van der Waals surface area contributed by atoms with E-state index in [4.69, 9.17) is 5.73 Å². The number of rotatable bonds is 8. The molecular weight excluding hydrogens is 248 g/mol. The van der Waals surface area contributed by atoms with Crippen molar-refractivity contribution in [2.45, 2.75) is 65.7 Å². The van der Waals surface area contributed by atoms with E-state index >= 15 is 0 Å². The van der Waals surface area contributed by atoms with E-state index in [1.54, 1.807) is 0 Å². The van der Waals surface area contributed by atoms with Crippen molar-refractivity contribution in [3.63, 3.8) is 0 Å². The van der Waals surface area contributed by atoms with Crippen molar-refractivity contribution < 1.29 is 4.79 Å². The SMILES string of the molecule is CC1CCC(C(C)C)C(C(=O)NCCCCCCN)C1. The fraction of sp³-hybridized carbons (Fsp3) is 0.941. The highest BCUT2D eigenvalue weighted by atomic mass is 16.1. The predicted octanol–water partition coefficient (Wildman–Crippen LogP) is 3.33. The van der Waals surface area contributed by atoms with Crippen LogP contribution in [0.4, 0.5) is 0 Å². The third kappa shape index (κ3) is 5.82. The maximum absolute atomic E-state index is 12.4. The van der Waals surface area contributed by atoms with Crippen LogP contribution in [-0.2, 0) is 4.79 Å². The molecule has 0 heterocycles. The summed E-state index contributed by atoms with van der Waals surface area (Å²) >= 11 is 0. The van der Waals surface area contributed by atoms with Crippen LogP contribution in [0.3, 0.4) is 0 Å². The van der Waals surface area contributed by atoms with E-state index in [9.17, 15) is 4.79 Å². The molecule has 1 rings (SSSR count). The topological polar surface area (TPSA) is 55.1 Å². The summed E-state index contributed by atoms with van der Waals surface area (Å²) in [6, 6.07) is 0. The molecule has 3 nitrogen and oxygen atoms in total. The van der Waals surface area contributed by atoms with Gasteiger partial charge in [0, 0.05) is 12.5 Å². The van der Waals surface area contributed by atoms with Crippen molar-refractivity contribution in [3.05, 3.63) is 0 Å². The molecule has 1 aliphatic carbocycles. The van der Waals surface area contributed by atoms with Gasteiger partial charge in [-0.15, -0.1) is 0 Å². The Balaban J connectivity index is 2.31. The molecule has 118 valence electrons. The molecule has 1 amide bonds. The molecule has 0 aromatic rings. The van der Waals surface area contributed by atoms with Gasteiger partial charge in [0.15, 0.2) is 0 Å². The molecular formula is C17H34N2O. The molecule has 3 N–H and O–H groups in total. The maximum atomic E-state index is 12.4. The Hall–Kier alpha value is -0.570. The minimum atomic E-state index is 0.239. The second-order valence-corrected chi connectivity index (χ2v) is 6.93. The molecule has 3 unspecified atom stereocenters. The molecule has 1 fully saturated rings. The number of nitrogens with two attached hydrogens (primary N) is 1. The summed E-state index contributed by atoms with van der Waals surface area (Å²) in [7, 11) is 0. The summed E-state index contributed by atoms with van der Waals surface area (Å²) < 4.78 is 0. The molecule has 1 aliphatic rings. The third-order valence-electron chi connectivity index (χ3n) is 4.79. The lowest BCUT2D eigenvalue weighted by Crippen LogP contribution is -2.40. The zero-order valence-electron chi connectivity index (χ0n) is 13.7. The molecule has 3 heteroatoms.